The van der Waals surface area contributed by atoms with Gasteiger partial charge in [-0.15, -0.1) is 0 Å². The number of hydrogen-bond donors (Lipinski definition) is 0. The van der Waals surface area contributed by atoms with Crippen LogP contribution >= 0.6 is 0 Å². The fourth-order valence-corrected chi connectivity index (χ4v) is 2.49. The van der Waals surface area contributed by atoms with Crippen LogP contribution in [-0.2, 0) is 9.53 Å². The van der Waals surface area contributed by atoms with Gasteiger partial charge in [-0.25, -0.2) is 0 Å². The third-order valence-corrected chi connectivity index (χ3v) is 4.05. The highest BCUT2D eigenvalue weighted by Gasteiger charge is 2.08. The Morgan fingerprint density at radius 3 is 1.86 bits per heavy atom. The number of esters is 1. The lowest BCUT2D eigenvalue weighted by atomic mass is 10.1. The Balaban J connectivity index is 3.61. The van der Waals surface area contributed by atoms with Crippen molar-refractivity contribution < 1.29 is 9.53 Å². The molecule has 0 aliphatic rings. The fraction of sp³-hybridized carbons (Fsp3) is 0.947. The van der Waals surface area contributed by atoms with E-state index in [4.69, 9.17) is 4.74 Å². The summed E-state index contributed by atoms with van der Waals surface area (Å²) in [6.07, 6.45) is 12.8. The van der Waals surface area contributed by atoms with Gasteiger partial charge in [-0.1, -0.05) is 65.7 Å². The summed E-state index contributed by atoms with van der Waals surface area (Å²) in [5.41, 5.74) is 0. The highest BCUT2D eigenvalue weighted by molar-refractivity contribution is 5.69. The summed E-state index contributed by atoms with van der Waals surface area (Å²) in [5.74, 6) is -0.0217. The minimum absolute atomic E-state index is 0.0217. The van der Waals surface area contributed by atoms with Crippen molar-refractivity contribution in [2.45, 2.75) is 91.4 Å². The van der Waals surface area contributed by atoms with Crippen molar-refractivity contribution in [1.82, 2.24) is 4.90 Å². The number of unbranched alkanes of at least 4 members (excludes halogenated alkanes) is 7. The van der Waals surface area contributed by atoms with Crippen LogP contribution in [0.4, 0.5) is 0 Å². The maximum atomic E-state index is 11.8. The topological polar surface area (TPSA) is 29.5 Å². The van der Waals surface area contributed by atoms with Crippen LogP contribution in [0.5, 0.6) is 0 Å². The summed E-state index contributed by atoms with van der Waals surface area (Å²) in [4.78, 5) is 14.2. The lowest BCUT2D eigenvalue weighted by Crippen LogP contribution is -2.29. The van der Waals surface area contributed by atoms with Crippen molar-refractivity contribution in [3.8, 4) is 0 Å². The second-order valence-corrected chi connectivity index (χ2v) is 6.29. The van der Waals surface area contributed by atoms with Crippen molar-refractivity contribution in [2.75, 3.05) is 26.2 Å². The number of ether oxygens (including phenoxy) is 1. The maximum Gasteiger partial charge on any atom is 0.307 e. The van der Waals surface area contributed by atoms with Gasteiger partial charge in [0.1, 0.15) is 0 Å². The van der Waals surface area contributed by atoms with Crippen molar-refractivity contribution in [2.24, 2.45) is 0 Å². The largest absolute Gasteiger partial charge is 0.466 e. The van der Waals surface area contributed by atoms with Crippen LogP contribution in [0.3, 0.4) is 0 Å². The molecule has 0 rings (SSSR count). The second-order valence-electron chi connectivity index (χ2n) is 6.29. The van der Waals surface area contributed by atoms with Crippen LogP contribution in [0, 0.1) is 0 Å². The molecule has 0 aromatic carbocycles. The molecule has 0 radical (unpaired) electrons. The normalized spacial score (nSPS) is 11.1. The molecule has 0 aromatic heterocycles. The Kier molecular flexibility index (Phi) is 16.4. The average molecular weight is 314 g/mol. The summed E-state index contributed by atoms with van der Waals surface area (Å²) in [6.45, 7) is 10.3. The molecule has 0 saturated carbocycles. The number of carbonyl (C=O) groups excluding carboxylic acids is 1. The first-order valence-corrected chi connectivity index (χ1v) is 9.62. The molecule has 0 aromatic rings. The lowest BCUT2D eigenvalue weighted by Gasteiger charge is -2.21. The molecule has 0 unspecified atom stereocenters. The van der Waals surface area contributed by atoms with Gasteiger partial charge < -0.3 is 9.64 Å². The van der Waals surface area contributed by atoms with Gasteiger partial charge >= 0.3 is 5.97 Å². The maximum absolute atomic E-state index is 11.8. The first-order valence-electron chi connectivity index (χ1n) is 9.62. The van der Waals surface area contributed by atoms with Crippen molar-refractivity contribution in [1.29, 1.82) is 0 Å². The Labute approximate surface area is 138 Å². The average Bonchev–Trinajstić information content (AvgIpc) is 2.53. The van der Waals surface area contributed by atoms with E-state index < -0.39 is 0 Å². The molecular weight excluding hydrogens is 274 g/mol. The molecule has 0 bridgehead atoms. The zero-order valence-electron chi connectivity index (χ0n) is 15.4. The number of rotatable bonds is 16. The Morgan fingerprint density at radius 1 is 0.727 bits per heavy atom. The molecule has 0 aliphatic heterocycles. The summed E-state index contributed by atoms with van der Waals surface area (Å²) in [6, 6.07) is 0. The number of nitrogens with zero attached hydrogens (tertiary/aromatic N) is 1. The second kappa shape index (κ2) is 16.8. The van der Waals surface area contributed by atoms with E-state index in [-0.39, 0.29) is 5.97 Å². The van der Waals surface area contributed by atoms with Crippen LogP contribution in [0.2, 0.25) is 0 Å². The zero-order valence-corrected chi connectivity index (χ0v) is 15.4. The first kappa shape index (κ1) is 21.4. The van der Waals surface area contributed by atoms with E-state index in [0.717, 1.165) is 26.1 Å². The van der Waals surface area contributed by atoms with Crippen molar-refractivity contribution in [3.05, 3.63) is 0 Å². The molecule has 0 aliphatic carbocycles. The molecular formula is C19H39NO2. The Morgan fingerprint density at radius 2 is 1.27 bits per heavy atom. The van der Waals surface area contributed by atoms with E-state index in [0.29, 0.717) is 13.0 Å². The SMILES string of the molecule is CCCCCCCCOC(=O)CCN(CCCC)CCCC. The molecule has 0 saturated heterocycles. The minimum atomic E-state index is -0.0217. The van der Waals surface area contributed by atoms with Crippen LogP contribution in [-0.4, -0.2) is 37.1 Å². The molecule has 0 fully saturated rings. The quantitative estimate of drug-likeness (QED) is 0.290. The molecule has 22 heavy (non-hydrogen) atoms. The molecule has 132 valence electrons. The van der Waals surface area contributed by atoms with E-state index in [1.165, 1.54) is 57.8 Å². The first-order chi connectivity index (χ1) is 10.7. The summed E-state index contributed by atoms with van der Waals surface area (Å²) >= 11 is 0. The van der Waals surface area contributed by atoms with Gasteiger partial charge in [0, 0.05) is 6.54 Å². The highest BCUT2D eigenvalue weighted by Crippen LogP contribution is 2.06. The fourth-order valence-electron chi connectivity index (χ4n) is 2.49. The van der Waals surface area contributed by atoms with E-state index in [9.17, 15) is 4.79 Å². The smallest absolute Gasteiger partial charge is 0.307 e. The third-order valence-electron chi connectivity index (χ3n) is 4.05. The minimum Gasteiger partial charge on any atom is -0.466 e. The van der Waals surface area contributed by atoms with Crippen LogP contribution in [0.25, 0.3) is 0 Å². The predicted octanol–water partition coefficient (Wildman–Crippen LogP) is 5.18. The summed E-state index contributed by atoms with van der Waals surface area (Å²) in [5, 5.41) is 0. The van der Waals surface area contributed by atoms with E-state index in [2.05, 4.69) is 25.7 Å². The molecule has 3 nitrogen and oxygen atoms in total. The van der Waals surface area contributed by atoms with Gasteiger partial charge in [0.15, 0.2) is 0 Å². The number of carbonyl (C=O) groups is 1. The van der Waals surface area contributed by atoms with Crippen LogP contribution < -0.4 is 0 Å². The van der Waals surface area contributed by atoms with Gasteiger partial charge in [-0.3, -0.25) is 4.79 Å². The molecule has 0 amide bonds. The van der Waals surface area contributed by atoms with Crippen molar-refractivity contribution in [3.63, 3.8) is 0 Å². The number of hydrogen-bond acceptors (Lipinski definition) is 3. The van der Waals surface area contributed by atoms with Gasteiger partial charge in [-0.05, 0) is 32.4 Å². The molecule has 0 N–H and O–H groups in total. The summed E-state index contributed by atoms with van der Waals surface area (Å²) < 4.78 is 5.34. The van der Waals surface area contributed by atoms with Gasteiger partial charge in [-0.2, -0.15) is 0 Å². The van der Waals surface area contributed by atoms with Crippen LogP contribution in [0.1, 0.15) is 91.4 Å². The van der Waals surface area contributed by atoms with E-state index in [1.54, 1.807) is 0 Å². The standard InChI is InChI=1S/C19H39NO2/c1-4-7-10-11-12-13-18-22-19(21)14-17-20(15-8-5-2)16-9-6-3/h4-18H2,1-3H3. The molecule has 0 heterocycles. The van der Waals surface area contributed by atoms with E-state index >= 15 is 0 Å². The predicted molar refractivity (Wildman–Crippen MR) is 95.2 cm³/mol. The van der Waals surface area contributed by atoms with Gasteiger partial charge in [0.2, 0.25) is 0 Å². The van der Waals surface area contributed by atoms with Gasteiger partial charge in [0.25, 0.3) is 0 Å². The molecule has 0 spiro atoms. The van der Waals surface area contributed by atoms with Gasteiger partial charge in [0.05, 0.1) is 13.0 Å². The van der Waals surface area contributed by atoms with Crippen LogP contribution in [0.15, 0.2) is 0 Å². The Bertz CT molecular complexity index is 236. The zero-order chi connectivity index (χ0) is 16.5. The molecule has 0 atom stereocenters. The Hall–Kier alpha value is -0.570. The lowest BCUT2D eigenvalue weighted by molar-refractivity contribution is -0.144. The van der Waals surface area contributed by atoms with Crippen molar-refractivity contribution >= 4 is 5.97 Å². The highest BCUT2D eigenvalue weighted by atomic mass is 16.5. The summed E-state index contributed by atoms with van der Waals surface area (Å²) in [7, 11) is 0. The molecule has 3 heteroatoms. The third kappa shape index (κ3) is 14.4. The van der Waals surface area contributed by atoms with E-state index in [1.807, 2.05) is 0 Å². The monoisotopic (exact) mass is 313 g/mol.